The highest BCUT2D eigenvalue weighted by Crippen LogP contribution is 2.34. The van der Waals surface area contributed by atoms with Gasteiger partial charge < -0.3 is 18.9 Å². The summed E-state index contributed by atoms with van der Waals surface area (Å²) in [7, 11) is -7.58. The molecule has 7 aromatic carbocycles. The summed E-state index contributed by atoms with van der Waals surface area (Å²) in [6.07, 6.45) is 0. The van der Waals surface area contributed by atoms with Gasteiger partial charge in [-0.05, 0) is 189 Å². The molecule has 0 spiro atoms. The molecule has 7 aromatic rings. The molecule has 57 heavy (non-hydrogen) atoms. The predicted octanol–water partition coefficient (Wildman–Crippen LogP) is 13.0. The minimum absolute atomic E-state index is 0.125. The Hall–Kier alpha value is -5.40. The highest BCUT2D eigenvalue weighted by Gasteiger charge is 2.20. The minimum atomic E-state index is -3.79. The van der Waals surface area contributed by atoms with Gasteiger partial charge in [-0.1, -0.05) is 31.9 Å². The van der Waals surface area contributed by atoms with E-state index < -0.39 is 19.7 Å². The van der Waals surface area contributed by atoms with Crippen LogP contribution >= 0.6 is 31.9 Å². The zero-order valence-electron chi connectivity index (χ0n) is 30.8. The van der Waals surface area contributed by atoms with Crippen molar-refractivity contribution in [2.24, 2.45) is 0 Å². The normalized spacial score (nSPS) is 11.5. The van der Waals surface area contributed by atoms with Crippen molar-refractivity contribution in [2.75, 3.05) is 0 Å². The van der Waals surface area contributed by atoms with Gasteiger partial charge in [0.25, 0.3) is 0 Å². The average molecular weight is 927 g/mol. The number of sulfone groups is 2. The molecule has 0 aromatic heterocycles. The SMILES string of the molecule is Cc1cc(Br)cc(Oc2ccc(S(=O)(=O)c3ccc(Oc4ccc(Oc5ccc(S(=O)(=O)c6ccc(Oc7cc(C)cc(Br)c7)cc6)cc5)c(C)c4)cc3)cc2)c1. The van der Waals surface area contributed by atoms with Gasteiger partial charge in [-0.25, -0.2) is 16.8 Å². The first-order valence-corrected chi connectivity index (χ1v) is 22.0. The maximum atomic E-state index is 13.4. The van der Waals surface area contributed by atoms with E-state index in [9.17, 15) is 16.8 Å². The predicted molar refractivity (Wildman–Crippen MR) is 226 cm³/mol. The lowest BCUT2D eigenvalue weighted by molar-refractivity contribution is 0.465. The highest BCUT2D eigenvalue weighted by atomic mass is 79.9. The van der Waals surface area contributed by atoms with Crippen molar-refractivity contribution in [3.63, 3.8) is 0 Å². The van der Waals surface area contributed by atoms with Crippen LogP contribution in [0.15, 0.2) is 180 Å². The smallest absolute Gasteiger partial charge is 0.206 e. The fraction of sp³-hybridized carbons (Fsp3) is 0.0667. The molecule has 0 unspecified atom stereocenters. The third kappa shape index (κ3) is 9.60. The summed E-state index contributed by atoms with van der Waals surface area (Å²) in [5.74, 6) is 4.31. The molecule has 0 saturated heterocycles. The van der Waals surface area contributed by atoms with Crippen molar-refractivity contribution in [3.05, 3.63) is 177 Å². The Balaban J connectivity index is 0.957. The summed E-state index contributed by atoms with van der Waals surface area (Å²) in [5.41, 5.74) is 2.83. The maximum absolute atomic E-state index is 13.4. The van der Waals surface area contributed by atoms with Crippen LogP contribution in [0.3, 0.4) is 0 Å². The van der Waals surface area contributed by atoms with Crippen molar-refractivity contribution >= 4 is 51.5 Å². The molecule has 0 aliphatic carbocycles. The Morgan fingerprint density at radius 2 is 0.667 bits per heavy atom. The number of hydrogen-bond donors (Lipinski definition) is 0. The van der Waals surface area contributed by atoms with E-state index in [-0.39, 0.29) is 19.6 Å². The summed E-state index contributed by atoms with van der Waals surface area (Å²) in [5, 5.41) is 0. The monoisotopic (exact) mass is 924 g/mol. The molecule has 0 heterocycles. The first kappa shape index (κ1) is 39.8. The number of ether oxygens (including phenoxy) is 4. The summed E-state index contributed by atoms with van der Waals surface area (Å²) < 4.78 is 79.2. The van der Waals surface area contributed by atoms with E-state index in [1.165, 1.54) is 48.5 Å². The van der Waals surface area contributed by atoms with Crippen LogP contribution < -0.4 is 18.9 Å². The lowest BCUT2D eigenvalue weighted by Gasteiger charge is -2.13. The second kappa shape index (κ2) is 16.6. The van der Waals surface area contributed by atoms with Crippen LogP contribution in [0.25, 0.3) is 0 Å². The Labute approximate surface area is 348 Å². The van der Waals surface area contributed by atoms with Gasteiger partial charge in [0.15, 0.2) is 0 Å². The Bertz CT molecular complexity index is 2750. The molecule has 0 saturated carbocycles. The van der Waals surface area contributed by atoms with Crippen LogP contribution in [0.5, 0.6) is 46.0 Å². The number of benzene rings is 7. The fourth-order valence-corrected chi connectivity index (χ4v) is 9.57. The molecule has 0 fully saturated rings. The van der Waals surface area contributed by atoms with Crippen molar-refractivity contribution in [1.29, 1.82) is 0 Å². The Morgan fingerprint density at radius 3 is 1.00 bits per heavy atom. The molecule has 0 atom stereocenters. The van der Waals surface area contributed by atoms with Crippen LogP contribution in [0.4, 0.5) is 0 Å². The topological polar surface area (TPSA) is 105 Å². The van der Waals surface area contributed by atoms with Gasteiger partial charge in [0.05, 0.1) is 19.6 Å². The van der Waals surface area contributed by atoms with Crippen LogP contribution in [0.1, 0.15) is 16.7 Å². The highest BCUT2D eigenvalue weighted by molar-refractivity contribution is 9.10. The van der Waals surface area contributed by atoms with Gasteiger partial charge in [-0.2, -0.15) is 0 Å². The largest absolute Gasteiger partial charge is 0.457 e. The van der Waals surface area contributed by atoms with Crippen molar-refractivity contribution in [1.82, 2.24) is 0 Å². The zero-order valence-corrected chi connectivity index (χ0v) is 35.6. The first-order valence-electron chi connectivity index (χ1n) is 17.5. The molecule has 0 aliphatic heterocycles. The molecular formula is C45H34Br2O8S2. The molecule has 0 amide bonds. The number of aryl methyl sites for hydroxylation is 3. The van der Waals surface area contributed by atoms with Gasteiger partial charge in [0.2, 0.25) is 19.7 Å². The molecule has 0 aliphatic rings. The third-order valence-corrected chi connectivity index (χ3v) is 13.1. The molecule has 0 radical (unpaired) electrons. The molecular weight excluding hydrogens is 892 g/mol. The molecule has 8 nitrogen and oxygen atoms in total. The molecule has 288 valence electrons. The van der Waals surface area contributed by atoms with E-state index in [0.29, 0.717) is 46.0 Å². The van der Waals surface area contributed by atoms with Gasteiger partial charge in [-0.15, -0.1) is 0 Å². The van der Waals surface area contributed by atoms with Gasteiger partial charge in [0, 0.05) is 8.95 Å². The van der Waals surface area contributed by atoms with E-state index in [1.807, 2.05) is 57.2 Å². The minimum Gasteiger partial charge on any atom is -0.457 e. The summed E-state index contributed by atoms with van der Waals surface area (Å²) in [4.78, 5) is 0.529. The van der Waals surface area contributed by atoms with Crippen LogP contribution in [-0.2, 0) is 19.7 Å². The number of hydrogen-bond acceptors (Lipinski definition) is 8. The molecule has 7 rings (SSSR count). The van der Waals surface area contributed by atoms with E-state index in [4.69, 9.17) is 18.9 Å². The standard InChI is InChI=1S/C45H34Br2O8S2/c1-29-22-32(46)27-39(24-29)53-35-6-15-42(16-7-35)56(48,49)41-13-4-34(5-14-41)52-38-12-21-45(31(3)26-38)55-37-10-19-44(20-11-37)57(50,51)43-17-8-36(9-18-43)54-40-25-30(2)23-33(47)28-40/h4-28H,1-3H3. The summed E-state index contributed by atoms with van der Waals surface area (Å²) >= 11 is 6.92. The average Bonchev–Trinajstić information content (AvgIpc) is 3.16. The first-order chi connectivity index (χ1) is 27.2. The Kier molecular flexibility index (Phi) is 11.6. The quantitative estimate of drug-likeness (QED) is 0.119. The van der Waals surface area contributed by atoms with Crippen LogP contribution in [-0.4, -0.2) is 16.8 Å². The van der Waals surface area contributed by atoms with E-state index >= 15 is 0 Å². The number of halogens is 2. The Morgan fingerprint density at radius 1 is 0.351 bits per heavy atom. The molecule has 12 heteroatoms. The van der Waals surface area contributed by atoms with Crippen molar-refractivity contribution in [3.8, 4) is 46.0 Å². The van der Waals surface area contributed by atoms with Crippen molar-refractivity contribution in [2.45, 2.75) is 40.4 Å². The van der Waals surface area contributed by atoms with Crippen LogP contribution in [0.2, 0.25) is 0 Å². The lowest BCUT2D eigenvalue weighted by atomic mass is 10.2. The fourth-order valence-electron chi connectivity index (χ4n) is 5.88. The van der Waals surface area contributed by atoms with Gasteiger partial charge >= 0.3 is 0 Å². The second-order valence-corrected chi connectivity index (χ2v) is 18.9. The third-order valence-electron chi connectivity index (χ3n) is 8.65. The van der Waals surface area contributed by atoms with E-state index in [2.05, 4.69) is 31.9 Å². The van der Waals surface area contributed by atoms with Crippen molar-refractivity contribution < 1.29 is 35.8 Å². The van der Waals surface area contributed by atoms with E-state index in [1.54, 1.807) is 66.7 Å². The lowest BCUT2D eigenvalue weighted by Crippen LogP contribution is -2.02. The van der Waals surface area contributed by atoms with Crippen LogP contribution in [0, 0.1) is 20.8 Å². The summed E-state index contributed by atoms with van der Waals surface area (Å²) in [6.45, 7) is 5.78. The molecule has 0 bridgehead atoms. The molecule has 0 N–H and O–H groups in total. The summed E-state index contributed by atoms with van der Waals surface area (Å²) in [6, 6.07) is 41.7. The van der Waals surface area contributed by atoms with Gasteiger partial charge in [-0.3, -0.25) is 0 Å². The zero-order chi connectivity index (χ0) is 40.3. The second-order valence-electron chi connectivity index (χ2n) is 13.2. The maximum Gasteiger partial charge on any atom is 0.206 e. The number of rotatable bonds is 12. The van der Waals surface area contributed by atoms with Gasteiger partial charge in [0.1, 0.15) is 46.0 Å². The van der Waals surface area contributed by atoms with E-state index in [0.717, 1.165) is 25.6 Å².